The second kappa shape index (κ2) is 5.89. The minimum absolute atomic E-state index is 0.262. The van der Waals surface area contributed by atoms with Crippen LogP contribution < -0.4 is 5.73 Å². The van der Waals surface area contributed by atoms with Crippen LogP contribution in [-0.4, -0.2) is 9.55 Å². The number of halogens is 3. The number of hydrogen-bond acceptors (Lipinski definition) is 2. The molecule has 0 aliphatic carbocycles. The third-order valence-electron chi connectivity index (χ3n) is 3.22. The third-order valence-corrected chi connectivity index (χ3v) is 3.22. The fourth-order valence-corrected chi connectivity index (χ4v) is 2.26. The van der Waals surface area contributed by atoms with Crippen LogP contribution in [0, 0.1) is 5.92 Å². The quantitative estimate of drug-likeness (QED) is 0.929. The van der Waals surface area contributed by atoms with Crippen molar-refractivity contribution in [3.05, 3.63) is 48.0 Å². The highest BCUT2D eigenvalue weighted by Crippen LogP contribution is 2.31. The normalized spacial score (nSPS) is 13.7. The smallest absolute Gasteiger partial charge is 0.323 e. The average Bonchev–Trinajstić information content (AvgIpc) is 2.86. The molecule has 114 valence electrons. The summed E-state index contributed by atoms with van der Waals surface area (Å²) in [4.78, 5) is 4.02. The van der Waals surface area contributed by atoms with Crippen molar-refractivity contribution in [1.29, 1.82) is 0 Å². The van der Waals surface area contributed by atoms with Gasteiger partial charge >= 0.3 is 6.18 Å². The van der Waals surface area contributed by atoms with Gasteiger partial charge in [-0.1, -0.05) is 19.9 Å². The molecule has 1 aromatic carbocycles. The molecule has 0 saturated carbocycles. The van der Waals surface area contributed by atoms with E-state index in [1.807, 2.05) is 13.8 Å². The molecule has 0 saturated heterocycles. The summed E-state index contributed by atoms with van der Waals surface area (Å²) in [6.07, 6.45) is -0.528. The zero-order valence-electron chi connectivity index (χ0n) is 11.9. The van der Waals surface area contributed by atoms with Crippen LogP contribution in [-0.2, 0) is 6.18 Å². The monoisotopic (exact) mass is 297 g/mol. The van der Waals surface area contributed by atoms with Crippen LogP contribution in [0.5, 0.6) is 0 Å². The Hall–Kier alpha value is -1.82. The summed E-state index contributed by atoms with van der Waals surface area (Å²) in [5.74, 6) is 0.393. The number of imidazole rings is 1. The number of alkyl halides is 3. The maximum Gasteiger partial charge on any atom is 0.416 e. The first-order chi connectivity index (χ1) is 9.79. The maximum absolute atomic E-state index is 12.8. The van der Waals surface area contributed by atoms with Gasteiger partial charge in [0.1, 0.15) is 0 Å². The van der Waals surface area contributed by atoms with E-state index >= 15 is 0 Å². The Kier molecular flexibility index (Phi) is 4.37. The highest BCUT2D eigenvalue weighted by atomic mass is 19.4. The zero-order chi connectivity index (χ0) is 15.6. The van der Waals surface area contributed by atoms with Gasteiger partial charge in [-0.25, -0.2) is 4.98 Å². The summed E-state index contributed by atoms with van der Waals surface area (Å²) in [5.41, 5.74) is 6.56. The molecular weight excluding hydrogens is 279 g/mol. The standard InChI is InChI=1S/C15H18F3N3/c1-10(2)6-13(19)14-8-20-9-21(14)12-5-3-4-11(7-12)15(16,17)18/h3-5,7-10,13H,6,19H2,1-2H3. The Morgan fingerprint density at radius 1 is 1.29 bits per heavy atom. The van der Waals surface area contributed by atoms with Crippen molar-refractivity contribution in [3.63, 3.8) is 0 Å². The van der Waals surface area contributed by atoms with Gasteiger partial charge in [0, 0.05) is 11.7 Å². The van der Waals surface area contributed by atoms with E-state index in [1.165, 1.54) is 12.4 Å². The molecule has 21 heavy (non-hydrogen) atoms. The molecule has 0 aliphatic heterocycles. The molecule has 6 heteroatoms. The van der Waals surface area contributed by atoms with Gasteiger partial charge in [-0.2, -0.15) is 13.2 Å². The molecule has 1 heterocycles. The van der Waals surface area contributed by atoms with E-state index in [0.29, 0.717) is 17.3 Å². The van der Waals surface area contributed by atoms with Crippen LogP contribution in [0.25, 0.3) is 5.69 Å². The predicted octanol–water partition coefficient (Wildman–Crippen LogP) is 3.94. The Balaban J connectivity index is 2.38. The van der Waals surface area contributed by atoms with Crippen molar-refractivity contribution in [2.45, 2.75) is 32.5 Å². The number of aromatic nitrogens is 2. The number of rotatable bonds is 4. The number of hydrogen-bond donors (Lipinski definition) is 1. The average molecular weight is 297 g/mol. The third kappa shape index (κ3) is 3.64. The fraction of sp³-hybridized carbons (Fsp3) is 0.400. The summed E-state index contributed by atoms with van der Waals surface area (Å²) in [6, 6.07) is 4.89. The first kappa shape index (κ1) is 15.6. The van der Waals surface area contributed by atoms with E-state index < -0.39 is 11.7 Å². The molecule has 2 rings (SSSR count). The lowest BCUT2D eigenvalue weighted by atomic mass is 10.0. The van der Waals surface area contributed by atoms with Crippen molar-refractivity contribution in [3.8, 4) is 5.69 Å². The van der Waals surface area contributed by atoms with E-state index in [1.54, 1.807) is 16.8 Å². The van der Waals surface area contributed by atoms with Crippen molar-refractivity contribution in [2.75, 3.05) is 0 Å². The Morgan fingerprint density at radius 3 is 2.62 bits per heavy atom. The molecule has 1 atom stereocenters. The molecule has 1 unspecified atom stereocenters. The summed E-state index contributed by atoms with van der Waals surface area (Å²) in [7, 11) is 0. The first-order valence-electron chi connectivity index (χ1n) is 6.74. The summed E-state index contributed by atoms with van der Waals surface area (Å²) in [6.45, 7) is 4.09. The van der Waals surface area contributed by atoms with Crippen LogP contribution in [0.1, 0.15) is 37.6 Å². The topological polar surface area (TPSA) is 43.8 Å². The van der Waals surface area contributed by atoms with Crippen LogP contribution >= 0.6 is 0 Å². The van der Waals surface area contributed by atoms with Gasteiger partial charge in [0.25, 0.3) is 0 Å². The molecule has 1 aromatic heterocycles. The lowest BCUT2D eigenvalue weighted by Crippen LogP contribution is -2.17. The zero-order valence-corrected chi connectivity index (χ0v) is 11.9. The van der Waals surface area contributed by atoms with Gasteiger partial charge in [-0.3, -0.25) is 0 Å². The molecule has 0 spiro atoms. The van der Waals surface area contributed by atoms with Crippen molar-refractivity contribution >= 4 is 0 Å². The van der Waals surface area contributed by atoms with E-state index in [9.17, 15) is 13.2 Å². The Bertz CT molecular complexity index is 602. The summed E-state index contributed by atoms with van der Waals surface area (Å²) in [5, 5.41) is 0. The molecular formula is C15H18F3N3. The fourth-order valence-electron chi connectivity index (χ4n) is 2.26. The van der Waals surface area contributed by atoms with E-state index in [0.717, 1.165) is 18.6 Å². The van der Waals surface area contributed by atoms with Gasteiger partial charge in [0.15, 0.2) is 0 Å². The van der Waals surface area contributed by atoms with Crippen LogP contribution in [0.4, 0.5) is 13.2 Å². The maximum atomic E-state index is 12.8. The molecule has 0 aliphatic rings. The number of nitrogens with two attached hydrogens (primary N) is 1. The summed E-state index contributed by atoms with van der Waals surface area (Å²) < 4.78 is 40.0. The van der Waals surface area contributed by atoms with Gasteiger partial charge < -0.3 is 10.3 Å². The number of nitrogens with zero attached hydrogens (tertiary/aromatic N) is 2. The summed E-state index contributed by atoms with van der Waals surface area (Å²) >= 11 is 0. The SMILES string of the molecule is CC(C)CC(N)c1cncn1-c1cccc(C(F)(F)F)c1. The second-order valence-corrected chi connectivity index (χ2v) is 5.47. The van der Waals surface area contributed by atoms with Gasteiger partial charge in [-0.15, -0.1) is 0 Å². The largest absolute Gasteiger partial charge is 0.416 e. The lowest BCUT2D eigenvalue weighted by molar-refractivity contribution is -0.137. The molecule has 0 fully saturated rings. The molecule has 3 nitrogen and oxygen atoms in total. The van der Waals surface area contributed by atoms with Crippen LogP contribution in [0.2, 0.25) is 0 Å². The Labute approximate surface area is 121 Å². The molecule has 0 radical (unpaired) electrons. The minimum Gasteiger partial charge on any atom is -0.323 e. The van der Waals surface area contributed by atoms with Crippen molar-refractivity contribution in [1.82, 2.24) is 9.55 Å². The lowest BCUT2D eigenvalue weighted by Gasteiger charge is -2.17. The van der Waals surface area contributed by atoms with Crippen molar-refractivity contribution < 1.29 is 13.2 Å². The van der Waals surface area contributed by atoms with E-state index in [2.05, 4.69) is 4.98 Å². The van der Waals surface area contributed by atoms with Crippen LogP contribution in [0.3, 0.4) is 0 Å². The minimum atomic E-state index is -4.36. The highest BCUT2D eigenvalue weighted by molar-refractivity contribution is 5.39. The Morgan fingerprint density at radius 2 is 2.00 bits per heavy atom. The van der Waals surface area contributed by atoms with Gasteiger partial charge in [0.2, 0.25) is 0 Å². The van der Waals surface area contributed by atoms with E-state index in [4.69, 9.17) is 5.73 Å². The van der Waals surface area contributed by atoms with Gasteiger partial charge in [-0.05, 0) is 30.5 Å². The molecule has 2 N–H and O–H groups in total. The molecule has 0 amide bonds. The predicted molar refractivity (Wildman–Crippen MR) is 74.9 cm³/mol. The van der Waals surface area contributed by atoms with Crippen LogP contribution in [0.15, 0.2) is 36.8 Å². The molecule has 2 aromatic rings. The molecule has 0 bridgehead atoms. The number of benzene rings is 1. The van der Waals surface area contributed by atoms with E-state index in [-0.39, 0.29) is 6.04 Å². The van der Waals surface area contributed by atoms with Gasteiger partial charge in [0.05, 0.1) is 23.8 Å². The van der Waals surface area contributed by atoms with Crippen molar-refractivity contribution in [2.24, 2.45) is 11.7 Å². The second-order valence-electron chi connectivity index (χ2n) is 5.47. The first-order valence-corrected chi connectivity index (χ1v) is 6.74. The highest BCUT2D eigenvalue weighted by Gasteiger charge is 2.30.